The molecule has 9 heteroatoms. The van der Waals surface area contributed by atoms with Crippen LogP contribution in [0.15, 0.2) is 18.2 Å². The van der Waals surface area contributed by atoms with Crippen molar-refractivity contribution in [3.8, 4) is 0 Å². The highest BCUT2D eigenvalue weighted by Crippen LogP contribution is 2.36. The number of benzene rings is 1. The Bertz CT molecular complexity index is 694. The van der Waals surface area contributed by atoms with Crippen LogP contribution < -0.4 is 5.32 Å². The maximum atomic E-state index is 13.3. The first-order valence-electron chi connectivity index (χ1n) is 8.67. The summed E-state index contributed by atoms with van der Waals surface area (Å²) < 4.78 is 44.6. The largest absolute Gasteiger partial charge is 0.465 e. The van der Waals surface area contributed by atoms with Crippen molar-refractivity contribution in [3.63, 3.8) is 0 Å². The summed E-state index contributed by atoms with van der Waals surface area (Å²) >= 11 is 0. The number of carbonyl (C=O) groups excluding carboxylic acids is 1. The molecule has 150 valence electrons. The molecule has 2 unspecified atom stereocenters. The Morgan fingerprint density at radius 2 is 2.00 bits per heavy atom. The number of amides is 1. The number of esters is 1. The molecule has 0 bridgehead atoms. The fourth-order valence-electron chi connectivity index (χ4n) is 3.33. The van der Waals surface area contributed by atoms with Gasteiger partial charge in [-0.25, -0.2) is 9.59 Å². The molecule has 0 spiro atoms. The summed E-state index contributed by atoms with van der Waals surface area (Å²) in [7, 11) is 1.16. The summed E-state index contributed by atoms with van der Waals surface area (Å²) in [5.41, 5.74) is -1.02. The molecule has 1 aliphatic rings. The first-order chi connectivity index (χ1) is 12.6. The van der Waals surface area contributed by atoms with Crippen LogP contribution >= 0.6 is 0 Å². The van der Waals surface area contributed by atoms with Crippen LogP contribution in [0.2, 0.25) is 0 Å². The first-order valence-corrected chi connectivity index (χ1v) is 8.67. The molecular formula is C18H23F3N2O4. The summed E-state index contributed by atoms with van der Waals surface area (Å²) in [4.78, 5) is 24.1. The van der Waals surface area contributed by atoms with E-state index >= 15 is 0 Å². The Balaban J connectivity index is 2.21. The Morgan fingerprint density at radius 1 is 1.30 bits per heavy atom. The van der Waals surface area contributed by atoms with Crippen LogP contribution in [0.4, 0.5) is 23.7 Å². The van der Waals surface area contributed by atoms with Gasteiger partial charge in [0.1, 0.15) is 0 Å². The number of likely N-dealkylation sites (tertiary alicyclic amines) is 1. The Kier molecular flexibility index (Phi) is 6.56. The predicted molar refractivity (Wildman–Crippen MR) is 92.8 cm³/mol. The molecule has 1 saturated heterocycles. The lowest BCUT2D eigenvalue weighted by Crippen LogP contribution is -2.32. The number of ether oxygens (including phenoxy) is 1. The van der Waals surface area contributed by atoms with Gasteiger partial charge in [0.2, 0.25) is 0 Å². The Morgan fingerprint density at radius 3 is 2.59 bits per heavy atom. The van der Waals surface area contributed by atoms with E-state index in [4.69, 9.17) is 5.11 Å². The number of anilines is 1. The van der Waals surface area contributed by atoms with E-state index in [1.165, 1.54) is 4.90 Å². The third-order valence-corrected chi connectivity index (χ3v) is 4.88. The van der Waals surface area contributed by atoms with Crippen LogP contribution in [-0.2, 0) is 10.9 Å². The van der Waals surface area contributed by atoms with Gasteiger partial charge in [0.05, 0.1) is 18.2 Å². The number of carboxylic acid groups (broad SMARTS) is 1. The van der Waals surface area contributed by atoms with Gasteiger partial charge in [0, 0.05) is 24.8 Å². The Hall–Kier alpha value is -2.45. The molecule has 0 aliphatic carbocycles. The Labute approximate surface area is 155 Å². The van der Waals surface area contributed by atoms with Crippen LogP contribution in [0.5, 0.6) is 0 Å². The first kappa shape index (κ1) is 20.9. The normalized spacial score (nSPS) is 19.1. The van der Waals surface area contributed by atoms with Crippen molar-refractivity contribution in [1.82, 2.24) is 4.90 Å². The van der Waals surface area contributed by atoms with E-state index < -0.39 is 23.8 Å². The van der Waals surface area contributed by atoms with E-state index in [9.17, 15) is 22.8 Å². The standard InChI is InChI=1S/C18H23F3N2O4/c1-11(12-4-3-8-23(9-7-12)17(25)26)22-15-10-13(16(24)27-2)5-6-14(15)18(19,20)21/h5-6,10-12,22H,3-4,7-9H2,1-2H3,(H,25,26). The number of halogens is 3. The smallest absolute Gasteiger partial charge is 0.418 e. The monoisotopic (exact) mass is 388 g/mol. The molecule has 1 amide bonds. The van der Waals surface area contributed by atoms with Gasteiger partial charge < -0.3 is 20.1 Å². The van der Waals surface area contributed by atoms with Crippen molar-refractivity contribution in [1.29, 1.82) is 0 Å². The van der Waals surface area contributed by atoms with Crippen LogP contribution in [0, 0.1) is 5.92 Å². The maximum absolute atomic E-state index is 13.3. The van der Waals surface area contributed by atoms with Crippen molar-refractivity contribution in [3.05, 3.63) is 29.3 Å². The van der Waals surface area contributed by atoms with E-state index in [2.05, 4.69) is 10.1 Å². The number of methoxy groups -OCH3 is 1. The van der Waals surface area contributed by atoms with E-state index in [1.807, 2.05) is 0 Å². The maximum Gasteiger partial charge on any atom is 0.418 e. The van der Waals surface area contributed by atoms with Crippen LogP contribution in [-0.4, -0.2) is 48.3 Å². The van der Waals surface area contributed by atoms with Gasteiger partial charge >= 0.3 is 18.2 Å². The number of carbonyl (C=O) groups is 2. The van der Waals surface area contributed by atoms with Crippen molar-refractivity contribution >= 4 is 17.7 Å². The van der Waals surface area contributed by atoms with Gasteiger partial charge in [-0.1, -0.05) is 0 Å². The average Bonchev–Trinajstić information content (AvgIpc) is 2.86. The molecular weight excluding hydrogens is 365 g/mol. The minimum atomic E-state index is -4.57. The second-order valence-electron chi connectivity index (χ2n) is 6.64. The lowest BCUT2D eigenvalue weighted by Gasteiger charge is -2.26. The number of rotatable bonds is 4. The second-order valence-corrected chi connectivity index (χ2v) is 6.64. The van der Waals surface area contributed by atoms with E-state index in [0.717, 1.165) is 25.3 Å². The van der Waals surface area contributed by atoms with Gasteiger partial charge in [0.25, 0.3) is 0 Å². The van der Waals surface area contributed by atoms with Crippen molar-refractivity contribution < 1.29 is 32.6 Å². The zero-order valence-corrected chi connectivity index (χ0v) is 15.2. The number of hydrogen-bond acceptors (Lipinski definition) is 4. The van der Waals surface area contributed by atoms with E-state index in [1.54, 1.807) is 6.92 Å². The minimum absolute atomic E-state index is 0.0113. The topological polar surface area (TPSA) is 78.9 Å². The van der Waals surface area contributed by atoms with Crippen molar-refractivity contribution in [2.45, 2.75) is 38.4 Å². The van der Waals surface area contributed by atoms with Crippen LogP contribution in [0.3, 0.4) is 0 Å². The molecule has 0 aromatic heterocycles. The zero-order chi connectivity index (χ0) is 20.2. The van der Waals surface area contributed by atoms with Crippen molar-refractivity contribution in [2.24, 2.45) is 5.92 Å². The number of nitrogens with one attached hydrogen (secondary N) is 1. The fourth-order valence-corrected chi connectivity index (χ4v) is 3.33. The molecule has 2 rings (SSSR count). The summed E-state index contributed by atoms with van der Waals surface area (Å²) in [6.45, 7) is 2.54. The van der Waals surface area contributed by atoms with Crippen molar-refractivity contribution in [2.75, 3.05) is 25.5 Å². The highest BCUT2D eigenvalue weighted by atomic mass is 19.4. The average molecular weight is 388 g/mol. The van der Waals surface area contributed by atoms with Gasteiger partial charge in [0.15, 0.2) is 0 Å². The number of hydrogen-bond donors (Lipinski definition) is 2. The lowest BCUT2D eigenvalue weighted by molar-refractivity contribution is -0.137. The van der Waals surface area contributed by atoms with Gasteiger partial charge in [-0.3, -0.25) is 0 Å². The molecule has 6 nitrogen and oxygen atoms in total. The molecule has 0 radical (unpaired) electrons. The summed E-state index contributed by atoms with van der Waals surface area (Å²) in [5.74, 6) is -0.705. The SMILES string of the molecule is COC(=O)c1ccc(C(F)(F)F)c(NC(C)C2CCCN(C(=O)O)CC2)c1. The molecule has 0 saturated carbocycles. The molecule has 1 aromatic carbocycles. The van der Waals surface area contributed by atoms with Crippen LogP contribution in [0.1, 0.15) is 42.1 Å². The number of nitrogens with zero attached hydrogens (tertiary/aromatic N) is 1. The quantitative estimate of drug-likeness (QED) is 0.760. The fraction of sp³-hybridized carbons (Fsp3) is 0.556. The molecule has 1 aromatic rings. The summed E-state index contributed by atoms with van der Waals surface area (Å²) in [6, 6.07) is 2.76. The minimum Gasteiger partial charge on any atom is -0.465 e. The van der Waals surface area contributed by atoms with Crippen LogP contribution in [0.25, 0.3) is 0 Å². The number of alkyl halides is 3. The highest BCUT2D eigenvalue weighted by Gasteiger charge is 2.35. The van der Waals surface area contributed by atoms with Gasteiger partial charge in [-0.05, 0) is 50.3 Å². The molecule has 1 fully saturated rings. The summed E-state index contributed by atoms with van der Waals surface area (Å²) in [6.07, 6.45) is -3.65. The lowest BCUT2D eigenvalue weighted by atomic mass is 9.92. The molecule has 2 atom stereocenters. The molecule has 1 aliphatic heterocycles. The third kappa shape index (κ3) is 5.27. The van der Waals surface area contributed by atoms with E-state index in [-0.39, 0.29) is 23.2 Å². The molecule has 1 heterocycles. The van der Waals surface area contributed by atoms with Gasteiger partial charge in [-0.15, -0.1) is 0 Å². The highest BCUT2D eigenvalue weighted by molar-refractivity contribution is 5.90. The third-order valence-electron chi connectivity index (χ3n) is 4.88. The van der Waals surface area contributed by atoms with Gasteiger partial charge in [-0.2, -0.15) is 13.2 Å². The molecule has 27 heavy (non-hydrogen) atoms. The molecule has 2 N–H and O–H groups in total. The zero-order valence-electron chi connectivity index (χ0n) is 15.2. The second kappa shape index (κ2) is 8.49. The predicted octanol–water partition coefficient (Wildman–Crippen LogP) is 4.07. The van der Waals surface area contributed by atoms with E-state index in [0.29, 0.717) is 32.4 Å². The summed E-state index contributed by atoms with van der Waals surface area (Å²) in [5, 5.41) is 12.0.